The summed E-state index contributed by atoms with van der Waals surface area (Å²) in [5, 5.41) is 14.5. The quantitative estimate of drug-likeness (QED) is 0.443. The maximum atomic E-state index is 12.4. The molecule has 0 saturated carbocycles. The molecule has 0 heterocycles. The van der Waals surface area contributed by atoms with E-state index in [1.165, 1.54) is 6.92 Å². The molecule has 3 rings (SSSR count). The van der Waals surface area contributed by atoms with E-state index in [-0.39, 0.29) is 30.7 Å². The number of nitrogens with one attached hydrogen (secondary N) is 2. The summed E-state index contributed by atoms with van der Waals surface area (Å²) in [6, 6.07) is 7.45. The monoisotopic (exact) mass is 484 g/mol. The van der Waals surface area contributed by atoms with Crippen LogP contribution in [0.2, 0.25) is 0 Å². The lowest BCUT2D eigenvalue weighted by molar-refractivity contribution is -0.137. The van der Waals surface area contributed by atoms with Gasteiger partial charge in [-0.1, -0.05) is 18.2 Å². The van der Waals surface area contributed by atoms with Crippen molar-refractivity contribution in [2.45, 2.75) is 45.1 Å². The summed E-state index contributed by atoms with van der Waals surface area (Å²) < 4.78 is 16.9. The minimum absolute atomic E-state index is 0.00696. The zero-order valence-electron chi connectivity index (χ0n) is 20.5. The molecule has 0 radical (unpaired) electrons. The van der Waals surface area contributed by atoms with Crippen molar-refractivity contribution in [2.75, 3.05) is 27.9 Å². The van der Waals surface area contributed by atoms with E-state index in [2.05, 4.69) is 10.6 Å². The van der Waals surface area contributed by atoms with E-state index in [9.17, 15) is 14.4 Å². The third-order valence-corrected chi connectivity index (χ3v) is 6.01. The molecule has 188 valence electrons. The van der Waals surface area contributed by atoms with Gasteiger partial charge in [-0.2, -0.15) is 0 Å². The highest BCUT2D eigenvalue weighted by atomic mass is 16.5. The summed E-state index contributed by atoms with van der Waals surface area (Å²) in [6.45, 7) is 1.79. The van der Waals surface area contributed by atoms with E-state index in [1.54, 1.807) is 21.3 Å². The molecule has 1 aliphatic carbocycles. The van der Waals surface area contributed by atoms with E-state index >= 15 is 0 Å². The zero-order valence-corrected chi connectivity index (χ0v) is 20.5. The first-order valence-electron chi connectivity index (χ1n) is 11.5. The number of carbonyl (C=O) groups is 3. The molecular formula is C26H32N2O7. The molecule has 2 amide bonds. The van der Waals surface area contributed by atoms with Crippen molar-refractivity contribution in [3.05, 3.63) is 41.0 Å². The molecule has 0 fully saturated rings. The lowest BCUT2D eigenvalue weighted by atomic mass is 9.91. The molecule has 9 nitrogen and oxygen atoms in total. The van der Waals surface area contributed by atoms with Gasteiger partial charge >= 0.3 is 5.97 Å². The number of aliphatic carboxylic acids is 1. The Hall–Kier alpha value is -3.75. The van der Waals surface area contributed by atoms with Crippen LogP contribution in [0.4, 0.5) is 0 Å². The van der Waals surface area contributed by atoms with Gasteiger partial charge in [-0.05, 0) is 47.6 Å². The fourth-order valence-electron chi connectivity index (χ4n) is 4.50. The number of hydrogen-bond acceptors (Lipinski definition) is 6. The SMILES string of the molecule is COc1cc2c(c(OC)c1OC)-c1ccc(CC(=O)NCCCC(=O)O)cc1[C@@H](NC(C)=O)CC2. The van der Waals surface area contributed by atoms with Crippen LogP contribution in [0.3, 0.4) is 0 Å². The summed E-state index contributed by atoms with van der Waals surface area (Å²) in [7, 11) is 4.71. The van der Waals surface area contributed by atoms with Crippen LogP contribution in [-0.2, 0) is 27.2 Å². The molecule has 0 aromatic heterocycles. The molecule has 9 heteroatoms. The van der Waals surface area contributed by atoms with E-state index in [0.29, 0.717) is 43.1 Å². The molecule has 1 atom stereocenters. The van der Waals surface area contributed by atoms with Crippen LogP contribution >= 0.6 is 0 Å². The Labute approximate surface area is 204 Å². The highest BCUT2D eigenvalue weighted by molar-refractivity contribution is 5.84. The van der Waals surface area contributed by atoms with Crippen LogP contribution in [0.15, 0.2) is 24.3 Å². The van der Waals surface area contributed by atoms with E-state index in [1.807, 2.05) is 24.3 Å². The number of hydrogen-bond donors (Lipinski definition) is 3. The zero-order chi connectivity index (χ0) is 25.5. The van der Waals surface area contributed by atoms with E-state index in [0.717, 1.165) is 27.8 Å². The summed E-state index contributed by atoms with van der Waals surface area (Å²) >= 11 is 0. The number of benzene rings is 2. The van der Waals surface area contributed by atoms with Crippen molar-refractivity contribution >= 4 is 17.8 Å². The van der Waals surface area contributed by atoms with Crippen molar-refractivity contribution in [3.63, 3.8) is 0 Å². The van der Waals surface area contributed by atoms with Gasteiger partial charge < -0.3 is 30.0 Å². The third kappa shape index (κ3) is 6.03. The van der Waals surface area contributed by atoms with Crippen LogP contribution in [0.5, 0.6) is 17.2 Å². The van der Waals surface area contributed by atoms with Crippen molar-refractivity contribution in [1.82, 2.24) is 10.6 Å². The first-order valence-corrected chi connectivity index (χ1v) is 11.5. The van der Waals surface area contributed by atoms with Gasteiger partial charge in [0.1, 0.15) is 0 Å². The minimum Gasteiger partial charge on any atom is -0.493 e. The van der Waals surface area contributed by atoms with Crippen molar-refractivity contribution in [3.8, 4) is 28.4 Å². The first kappa shape index (κ1) is 25.9. The van der Waals surface area contributed by atoms with Crippen LogP contribution in [-0.4, -0.2) is 50.8 Å². The smallest absolute Gasteiger partial charge is 0.303 e. The predicted molar refractivity (Wildman–Crippen MR) is 130 cm³/mol. The Morgan fingerprint density at radius 3 is 2.43 bits per heavy atom. The maximum Gasteiger partial charge on any atom is 0.303 e. The Morgan fingerprint density at radius 2 is 1.80 bits per heavy atom. The molecule has 0 unspecified atom stereocenters. The number of carboxylic acid groups (broad SMARTS) is 1. The number of carboxylic acids is 1. The molecule has 0 aliphatic heterocycles. The second-order valence-corrected chi connectivity index (χ2v) is 8.42. The van der Waals surface area contributed by atoms with Gasteiger partial charge in [0.25, 0.3) is 0 Å². The van der Waals surface area contributed by atoms with Crippen LogP contribution in [0, 0.1) is 0 Å². The molecule has 3 N–H and O–H groups in total. The van der Waals surface area contributed by atoms with E-state index in [4.69, 9.17) is 19.3 Å². The fraction of sp³-hybridized carbons (Fsp3) is 0.423. The van der Waals surface area contributed by atoms with Crippen LogP contribution in [0.25, 0.3) is 11.1 Å². The summed E-state index contributed by atoms with van der Waals surface area (Å²) in [5.74, 6) is 0.385. The standard InChI is InChI=1S/C26H32N2O7/c1-15(29)28-20-10-8-17-14-21(33-2)25(34-3)26(35-4)24(17)18-9-7-16(12-19(18)20)13-22(30)27-11-5-6-23(31)32/h7,9,12,14,20H,5-6,8,10-11,13H2,1-4H3,(H,27,30)(H,28,29)(H,31,32)/t20-/m0/s1. The molecule has 1 aliphatic rings. The van der Waals surface area contributed by atoms with Gasteiger partial charge in [0.15, 0.2) is 11.5 Å². The van der Waals surface area contributed by atoms with Crippen LogP contribution < -0.4 is 24.8 Å². The normalized spacial score (nSPS) is 14.1. The van der Waals surface area contributed by atoms with Crippen molar-refractivity contribution in [2.24, 2.45) is 0 Å². The topological polar surface area (TPSA) is 123 Å². The van der Waals surface area contributed by atoms with Gasteiger partial charge in [0.05, 0.1) is 33.8 Å². The fourth-order valence-corrected chi connectivity index (χ4v) is 4.50. The largest absolute Gasteiger partial charge is 0.493 e. The van der Waals surface area contributed by atoms with Crippen molar-refractivity contribution in [1.29, 1.82) is 0 Å². The Morgan fingerprint density at radius 1 is 1.06 bits per heavy atom. The Kier molecular flexibility index (Phi) is 8.57. The average molecular weight is 485 g/mol. The highest BCUT2D eigenvalue weighted by Gasteiger charge is 2.29. The number of aryl methyl sites for hydroxylation is 1. The Balaban J connectivity index is 2.01. The third-order valence-electron chi connectivity index (χ3n) is 6.01. The highest BCUT2D eigenvalue weighted by Crippen LogP contribution is 2.50. The minimum atomic E-state index is -0.890. The number of ether oxygens (including phenoxy) is 3. The maximum absolute atomic E-state index is 12.4. The van der Waals surface area contributed by atoms with Gasteiger partial charge in [0, 0.05) is 25.5 Å². The number of carbonyl (C=O) groups excluding carboxylic acids is 2. The first-order chi connectivity index (χ1) is 16.8. The molecule has 0 saturated heterocycles. The van der Waals surface area contributed by atoms with Crippen molar-refractivity contribution < 1.29 is 33.7 Å². The summed E-state index contributed by atoms with van der Waals surface area (Å²) in [5.41, 5.74) is 4.45. The second-order valence-electron chi connectivity index (χ2n) is 8.42. The van der Waals surface area contributed by atoms with Gasteiger partial charge in [-0.3, -0.25) is 14.4 Å². The van der Waals surface area contributed by atoms with E-state index < -0.39 is 5.97 Å². The molecule has 0 spiro atoms. The summed E-state index contributed by atoms with van der Waals surface area (Å²) in [6.07, 6.45) is 1.85. The number of amides is 2. The van der Waals surface area contributed by atoms with Crippen LogP contribution in [0.1, 0.15) is 48.9 Å². The number of methoxy groups -OCH3 is 3. The second kappa shape index (κ2) is 11.6. The Bertz CT molecular complexity index is 1110. The lowest BCUT2D eigenvalue weighted by Crippen LogP contribution is -2.27. The number of fused-ring (bicyclic) bond motifs is 3. The molecule has 0 bridgehead atoms. The van der Waals surface area contributed by atoms with Gasteiger partial charge in [-0.25, -0.2) is 0 Å². The van der Waals surface area contributed by atoms with Gasteiger partial charge in [0.2, 0.25) is 17.6 Å². The predicted octanol–water partition coefficient (Wildman–Crippen LogP) is 3.03. The van der Waals surface area contributed by atoms with Gasteiger partial charge in [-0.15, -0.1) is 0 Å². The molecule has 2 aromatic rings. The number of rotatable bonds is 10. The molecule has 35 heavy (non-hydrogen) atoms. The lowest BCUT2D eigenvalue weighted by Gasteiger charge is -2.21. The average Bonchev–Trinajstić information content (AvgIpc) is 2.96. The molecular weight excluding hydrogens is 452 g/mol. The summed E-state index contributed by atoms with van der Waals surface area (Å²) in [4.78, 5) is 35.1. The molecule has 2 aromatic carbocycles.